The lowest BCUT2D eigenvalue weighted by molar-refractivity contribution is -0.0924. The molecule has 1 fully saturated rings. The first kappa shape index (κ1) is 9.93. The molecule has 1 saturated heterocycles. The highest BCUT2D eigenvalue weighted by Gasteiger charge is 2.32. The number of pyridine rings is 1. The number of hydrogen-bond donors (Lipinski definition) is 1. The summed E-state index contributed by atoms with van der Waals surface area (Å²) in [6.45, 7) is 4.81. The summed E-state index contributed by atoms with van der Waals surface area (Å²) in [5, 5.41) is 3.31. The summed E-state index contributed by atoms with van der Waals surface area (Å²) in [6.07, 6.45) is 0. The van der Waals surface area contributed by atoms with Crippen LogP contribution in [0, 0.1) is 5.41 Å². The van der Waals surface area contributed by atoms with Gasteiger partial charge in [-0.3, -0.25) is 0 Å². The van der Waals surface area contributed by atoms with E-state index in [2.05, 4.69) is 33.2 Å². The smallest absolute Gasteiger partial charge is 0.127 e. The van der Waals surface area contributed by atoms with E-state index in [0.29, 0.717) is 0 Å². The molecule has 0 amide bonds. The molecule has 1 aliphatic heterocycles. The van der Waals surface area contributed by atoms with Crippen LogP contribution in [0.2, 0.25) is 0 Å². The number of nitrogens with zero attached hydrogens (tertiary/aromatic N) is 1. The van der Waals surface area contributed by atoms with Crippen molar-refractivity contribution in [3.05, 3.63) is 22.8 Å². The number of ether oxygens (including phenoxy) is 1. The van der Waals surface area contributed by atoms with Crippen molar-refractivity contribution in [2.24, 2.45) is 5.41 Å². The fourth-order valence-corrected chi connectivity index (χ4v) is 1.71. The molecule has 4 heteroatoms. The van der Waals surface area contributed by atoms with E-state index in [-0.39, 0.29) is 5.41 Å². The summed E-state index contributed by atoms with van der Waals surface area (Å²) in [6, 6.07) is 5.85. The van der Waals surface area contributed by atoms with E-state index in [9.17, 15) is 0 Å². The van der Waals surface area contributed by atoms with Crippen molar-refractivity contribution in [1.82, 2.24) is 4.98 Å². The quantitative estimate of drug-likeness (QED) is 0.843. The van der Waals surface area contributed by atoms with Crippen molar-refractivity contribution in [2.45, 2.75) is 6.92 Å². The van der Waals surface area contributed by atoms with Gasteiger partial charge in [0.25, 0.3) is 0 Å². The molecule has 76 valence electrons. The predicted octanol–water partition coefficient (Wildman–Crippen LogP) is 2.29. The summed E-state index contributed by atoms with van der Waals surface area (Å²) >= 11 is 3.34. The molecule has 0 bridgehead atoms. The minimum atomic E-state index is 0.282. The monoisotopic (exact) mass is 256 g/mol. The molecule has 14 heavy (non-hydrogen) atoms. The highest BCUT2D eigenvalue weighted by Crippen LogP contribution is 2.26. The Hall–Kier alpha value is -0.610. The number of rotatable bonds is 3. The van der Waals surface area contributed by atoms with Crippen LogP contribution in [0.1, 0.15) is 6.92 Å². The van der Waals surface area contributed by atoms with Crippen LogP contribution in [0.4, 0.5) is 5.82 Å². The Bertz CT molecular complexity index is 326. The average molecular weight is 257 g/mol. The first-order valence-corrected chi connectivity index (χ1v) is 5.41. The fourth-order valence-electron chi connectivity index (χ4n) is 1.36. The predicted molar refractivity (Wildman–Crippen MR) is 59.4 cm³/mol. The van der Waals surface area contributed by atoms with Crippen molar-refractivity contribution in [2.75, 3.05) is 25.1 Å². The van der Waals surface area contributed by atoms with E-state index < -0.39 is 0 Å². The van der Waals surface area contributed by atoms with Gasteiger partial charge in [-0.2, -0.15) is 0 Å². The third-order valence-electron chi connectivity index (χ3n) is 2.31. The second-order valence-corrected chi connectivity index (χ2v) is 4.82. The molecular weight excluding hydrogens is 244 g/mol. The second kappa shape index (κ2) is 3.87. The zero-order valence-electron chi connectivity index (χ0n) is 8.09. The molecule has 1 N–H and O–H groups in total. The SMILES string of the molecule is CC1(CNc2cccc(Br)n2)COC1. The fraction of sp³-hybridized carbons (Fsp3) is 0.500. The number of aromatic nitrogens is 1. The van der Waals surface area contributed by atoms with Gasteiger partial charge in [0.05, 0.1) is 13.2 Å². The minimum Gasteiger partial charge on any atom is -0.380 e. The van der Waals surface area contributed by atoms with E-state index >= 15 is 0 Å². The Balaban J connectivity index is 1.91. The third kappa shape index (κ3) is 2.25. The van der Waals surface area contributed by atoms with Crippen LogP contribution < -0.4 is 5.32 Å². The van der Waals surface area contributed by atoms with Gasteiger partial charge in [-0.1, -0.05) is 13.0 Å². The molecule has 1 aliphatic rings. The van der Waals surface area contributed by atoms with E-state index in [1.807, 2.05) is 18.2 Å². The summed E-state index contributed by atoms with van der Waals surface area (Å²) in [5.41, 5.74) is 0.282. The van der Waals surface area contributed by atoms with Gasteiger partial charge in [0.15, 0.2) is 0 Å². The van der Waals surface area contributed by atoms with Crippen LogP contribution in [0.5, 0.6) is 0 Å². The standard InChI is InChI=1S/C10H13BrN2O/c1-10(6-14-7-10)5-12-9-4-2-3-8(11)13-9/h2-4H,5-7H2,1H3,(H,12,13). The van der Waals surface area contributed by atoms with Crippen LogP contribution in [0.3, 0.4) is 0 Å². The number of halogens is 1. The lowest BCUT2D eigenvalue weighted by atomic mass is 9.89. The number of hydrogen-bond acceptors (Lipinski definition) is 3. The van der Waals surface area contributed by atoms with Gasteiger partial charge in [0, 0.05) is 12.0 Å². The molecule has 3 nitrogen and oxygen atoms in total. The topological polar surface area (TPSA) is 34.2 Å². The van der Waals surface area contributed by atoms with Gasteiger partial charge in [-0.15, -0.1) is 0 Å². The van der Waals surface area contributed by atoms with Gasteiger partial charge in [0.2, 0.25) is 0 Å². The largest absolute Gasteiger partial charge is 0.380 e. The lowest BCUT2D eigenvalue weighted by Gasteiger charge is -2.38. The van der Waals surface area contributed by atoms with Crippen molar-refractivity contribution in [3.63, 3.8) is 0 Å². The zero-order valence-corrected chi connectivity index (χ0v) is 9.67. The van der Waals surface area contributed by atoms with Gasteiger partial charge >= 0.3 is 0 Å². The minimum absolute atomic E-state index is 0.282. The van der Waals surface area contributed by atoms with E-state index in [1.165, 1.54) is 0 Å². The normalized spacial score (nSPS) is 18.7. The van der Waals surface area contributed by atoms with Gasteiger partial charge < -0.3 is 10.1 Å². The first-order valence-electron chi connectivity index (χ1n) is 4.62. The van der Waals surface area contributed by atoms with Crippen LogP contribution in [0.25, 0.3) is 0 Å². The molecule has 0 aromatic carbocycles. The molecule has 0 radical (unpaired) electrons. The van der Waals surface area contributed by atoms with E-state index in [1.54, 1.807) is 0 Å². The Labute approximate surface area is 92.0 Å². The Morgan fingerprint density at radius 1 is 1.57 bits per heavy atom. The third-order valence-corrected chi connectivity index (χ3v) is 2.75. The summed E-state index contributed by atoms with van der Waals surface area (Å²) in [5.74, 6) is 0.910. The van der Waals surface area contributed by atoms with Crippen molar-refractivity contribution >= 4 is 21.7 Å². The van der Waals surface area contributed by atoms with Crippen LogP contribution in [0.15, 0.2) is 22.8 Å². The van der Waals surface area contributed by atoms with Crippen LogP contribution in [-0.4, -0.2) is 24.7 Å². The summed E-state index contributed by atoms with van der Waals surface area (Å²) < 4.78 is 6.04. The molecule has 2 heterocycles. The average Bonchev–Trinajstić information content (AvgIpc) is 2.12. The van der Waals surface area contributed by atoms with Crippen LogP contribution in [-0.2, 0) is 4.74 Å². The lowest BCUT2D eigenvalue weighted by Crippen LogP contribution is -2.45. The Kier molecular flexibility index (Phi) is 2.74. The first-order chi connectivity index (χ1) is 6.68. The maximum Gasteiger partial charge on any atom is 0.127 e. The Morgan fingerprint density at radius 3 is 2.93 bits per heavy atom. The van der Waals surface area contributed by atoms with E-state index in [4.69, 9.17) is 4.74 Å². The number of nitrogens with one attached hydrogen (secondary N) is 1. The molecule has 0 saturated carbocycles. The number of anilines is 1. The summed E-state index contributed by atoms with van der Waals surface area (Å²) in [7, 11) is 0. The van der Waals surface area contributed by atoms with Gasteiger partial charge in [-0.05, 0) is 28.1 Å². The van der Waals surface area contributed by atoms with Crippen molar-refractivity contribution in [1.29, 1.82) is 0 Å². The molecular formula is C10H13BrN2O. The van der Waals surface area contributed by atoms with Crippen molar-refractivity contribution < 1.29 is 4.74 Å². The maximum absolute atomic E-state index is 5.18. The highest BCUT2D eigenvalue weighted by molar-refractivity contribution is 9.10. The zero-order chi connectivity index (χ0) is 10.0. The van der Waals surface area contributed by atoms with E-state index in [0.717, 1.165) is 30.2 Å². The molecule has 2 rings (SSSR count). The second-order valence-electron chi connectivity index (χ2n) is 4.00. The van der Waals surface area contributed by atoms with Crippen LogP contribution >= 0.6 is 15.9 Å². The molecule has 1 aromatic rings. The maximum atomic E-state index is 5.18. The van der Waals surface area contributed by atoms with Gasteiger partial charge in [0.1, 0.15) is 10.4 Å². The molecule has 0 spiro atoms. The highest BCUT2D eigenvalue weighted by atomic mass is 79.9. The molecule has 1 aromatic heterocycles. The molecule has 0 unspecified atom stereocenters. The Morgan fingerprint density at radius 2 is 2.36 bits per heavy atom. The summed E-state index contributed by atoms with van der Waals surface area (Å²) in [4.78, 5) is 4.30. The van der Waals surface area contributed by atoms with Crippen molar-refractivity contribution in [3.8, 4) is 0 Å². The van der Waals surface area contributed by atoms with Gasteiger partial charge in [-0.25, -0.2) is 4.98 Å². The molecule has 0 atom stereocenters. The molecule has 0 aliphatic carbocycles.